The maximum atomic E-state index is 2.85. The van der Waals surface area contributed by atoms with Crippen LogP contribution >= 0.6 is 0 Å². The average molecular weight is 252 g/mol. The molecule has 106 valence electrons. The zero-order valence-electron chi connectivity index (χ0n) is 12.7. The highest BCUT2D eigenvalue weighted by atomic mass is 15.4. The van der Waals surface area contributed by atoms with E-state index >= 15 is 0 Å². The summed E-state index contributed by atoms with van der Waals surface area (Å²) in [4.78, 5) is 5.57. The van der Waals surface area contributed by atoms with Gasteiger partial charge in [-0.2, -0.15) is 0 Å². The Hall–Kier alpha value is -0.0800. The van der Waals surface area contributed by atoms with Gasteiger partial charge in [-0.25, -0.2) is 0 Å². The van der Waals surface area contributed by atoms with Gasteiger partial charge in [0.15, 0.2) is 0 Å². The molecule has 3 rings (SSSR count). The Labute approximate surface area is 114 Å². The Balaban J connectivity index is 2.06. The van der Waals surface area contributed by atoms with Gasteiger partial charge in [-0.15, -0.1) is 0 Å². The first-order valence-electron chi connectivity index (χ1n) is 8.20. The molecule has 18 heavy (non-hydrogen) atoms. The highest BCUT2D eigenvalue weighted by Gasteiger charge is 2.47. The molecule has 0 aromatic rings. The number of unbranched alkanes of at least 4 members (excludes halogenated alkanes) is 2. The Morgan fingerprint density at radius 2 is 1.72 bits per heavy atom. The van der Waals surface area contributed by atoms with Gasteiger partial charge >= 0.3 is 0 Å². The van der Waals surface area contributed by atoms with Crippen molar-refractivity contribution in [2.75, 3.05) is 32.7 Å². The summed E-state index contributed by atoms with van der Waals surface area (Å²) in [6, 6.07) is 0. The molecule has 0 spiro atoms. The number of hydrogen-bond acceptors (Lipinski definition) is 2. The number of fused-ring (bicyclic) bond motifs is 3. The standard InChI is InChI=1S/C16H32N2/c1-4-6-7-9-16(15(3)8-5-2)14-17-10-12-18(16)13-11-17/h15H,4-14H2,1-3H3. The molecule has 0 aromatic carbocycles. The first-order chi connectivity index (χ1) is 8.73. The van der Waals surface area contributed by atoms with E-state index in [0.29, 0.717) is 5.54 Å². The van der Waals surface area contributed by atoms with Gasteiger partial charge in [0, 0.05) is 38.3 Å². The lowest BCUT2D eigenvalue weighted by Crippen LogP contribution is -2.70. The maximum absolute atomic E-state index is 2.85. The van der Waals surface area contributed by atoms with Crippen molar-refractivity contribution in [3.63, 3.8) is 0 Å². The average Bonchev–Trinajstić information content (AvgIpc) is 2.40. The second-order valence-electron chi connectivity index (χ2n) is 6.51. The molecule has 0 aromatic heterocycles. The van der Waals surface area contributed by atoms with Crippen molar-refractivity contribution in [1.29, 1.82) is 0 Å². The molecule has 2 nitrogen and oxygen atoms in total. The topological polar surface area (TPSA) is 6.48 Å². The Morgan fingerprint density at radius 3 is 2.22 bits per heavy atom. The van der Waals surface area contributed by atoms with Gasteiger partial charge in [0.2, 0.25) is 0 Å². The smallest absolute Gasteiger partial charge is 0.0363 e. The zero-order valence-corrected chi connectivity index (χ0v) is 12.7. The lowest BCUT2D eigenvalue weighted by Gasteiger charge is -2.59. The third kappa shape index (κ3) is 2.75. The van der Waals surface area contributed by atoms with E-state index in [0.717, 1.165) is 5.92 Å². The lowest BCUT2D eigenvalue weighted by atomic mass is 9.74. The van der Waals surface area contributed by atoms with Crippen LogP contribution in [0.2, 0.25) is 0 Å². The molecule has 0 radical (unpaired) electrons. The van der Waals surface area contributed by atoms with Gasteiger partial charge in [0.25, 0.3) is 0 Å². The largest absolute Gasteiger partial charge is 0.299 e. The van der Waals surface area contributed by atoms with Crippen LogP contribution in [0.1, 0.15) is 59.3 Å². The van der Waals surface area contributed by atoms with Crippen LogP contribution in [0.5, 0.6) is 0 Å². The van der Waals surface area contributed by atoms with Crippen molar-refractivity contribution in [1.82, 2.24) is 9.80 Å². The summed E-state index contributed by atoms with van der Waals surface area (Å²) in [7, 11) is 0. The van der Waals surface area contributed by atoms with Crippen LogP contribution in [0.25, 0.3) is 0 Å². The van der Waals surface area contributed by atoms with Gasteiger partial charge in [-0.3, -0.25) is 9.80 Å². The molecular weight excluding hydrogens is 220 g/mol. The number of nitrogens with zero attached hydrogens (tertiary/aromatic N) is 2. The fraction of sp³-hybridized carbons (Fsp3) is 1.00. The quantitative estimate of drug-likeness (QED) is 0.641. The fourth-order valence-electron chi connectivity index (χ4n) is 4.17. The third-order valence-electron chi connectivity index (χ3n) is 5.35. The minimum atomic E-state index is 0.516. The Bertz CT molecular complexity index is 245. The van der Waals surface area contributed by atoms with E-state index in [1.165, 1.54) is 71.2 Å². The van der Waals surface area contributed by atoms with E-state index in [1.54, 1.807) is 0 Å². The molecule has 3 aliphatic heterocycles. The second kappa shape index (κ2) is 6.38. The van der Waals surface area contributed by atoms with E-state index in [2.05, 4.69) is 30.6 Å². The summed E-state index contributed by atoms with van der Waals surface area (Å²) in [5.74, 6) is 0.863. The van der Waals surface area contributed by atoms with Crippen LogP contribution < -0.4 is 0 Å². The van der Waals surface area contributed by atoms with Crippen LogP contribution in [0.15, 0.2) is 0 Å². The van der Waals surface area contributed by atoms with Gasteiger partial charge in [-0.1, -0.05) is 46.5 Å². The van der Waals surface area contributed by atoms with Crippen molar-refractivity contribution >= 4 is 0 Å². The van der Waals surface area contributed by atoms with Crippen LogP contribution in [-0.2, 0) is 0 Å². The molecule has 2 heteroatoms. The highest BCUT2D eigenvalue weighted by Crippen LogP contribution is 2.39. The first-order valence-corrected chi connectivity index (χ1v) is 8.20. The summed E-state index contributed by atoms with van der Waals surface area (Å²) in [5, 5.41) is 0. The van der Waals surface area contributed by atoms with Crippen LogP contribution in [-0.4, -0.2) is 48.1 Å². The predicted octanol–water partition coefficient (Wildman–Crippen LogP) is 3.37. The monoisotopic (exact) mass is 252 g/mol. The molecule has 0 N–H and O–H groups in total. The van der Waals surface area contributed by atoms with Gasteiger partial charge in [-0.05, 0) is 18.8 Å². The molecule has 0 saturated carbocycles. The summed E-state index contributed by atoms with van der Waals surface area (Å²) < 4.78 is 0. The summed E-state index contributed by atoms with van der Waals surface area (Å²) >= 11 is 0. The SMILES string of the molecule is CCCCCC1(C(C)CCC)CN2CCN1CC2. The molecule has 3 fully saturated rings. The van der Waals surface area contributed by atoms with Crippen molar-refractivity contribution in [3.8, 4) is 0 Å². The molecule has 2 atom stereocenters. The summed E-state index contributed by atoms with van der Waals surface area (Å²) in [6.45, 7) is 13.8. The van der Waals surface area contributed by atoms with Crippen LogP contribution in [0.3, 0.4) is 0 Å². The first kappa shape index (κ1) is 14.3. The van der Waals surface area contributed by atoms with Crippen molar-refractivity contribution in [3.05, 3.63) is 0 Å². The summed E-state index contributed by atoms with van der Waals surface area (Å²) in [6.07, 6.45) is 8.35. The van der Waals surface area contributed by atoms with Crippen molar-refractivity contribution < 1.29 is 0 Å². The Kier molecular flexibility index (Phi) is 5.08. The number of rotatable bonds is 7. The molecule has 0 aliphatic carbocycles. The van der Waals surface area contributed by atoms with Gasteiger partial charge in [0.05, 0.1) is 0 Å². The second-order valence-corrected chi connectivity index (χ2v) is 6.51. The number of hydrogen-bond donors (Lipinski definition) is 0. The number of piperazine rings is 3. The normalized spacial score (nSPS) is 36.8. The van der Waals surface area contributed by atoms with Gasteiger partial charge in [0.1, 0.15) is 0 Å². The third-order valence-corrected chi connectivity index (χ3v) is 5.35. The molecular formula is C16H32N2. The molecule has 3 aliphatic rings. The van der Waals surface area contributed by atoms with Crippen molar-refractivity contribution in [2.24, 2.45) is 5.92 Å². The van der Waals surface area contributed by atoms with Crippen LogP contribution in [0, 0.1) is 5.92 Å². The molecule has 2 bridgehead atoms. The Morgan fingerprint density at radius 1 is 1.00 bits per heavy atom. The van der Waals surface area contributed by atoms with E-state index in [9.17, 15) is 0 Å². The fourth-order valence-corrected chi connectivity index (χ4v) is 4.17. The van der Waals surface area contributed by atoms with E-state index < -0.39 is 0 Å². The predicted molar refractivity (Wildman–Crippen MR) is 79.0 cm³/mol. The van der Waals surface area contributed by atoms with Crippen LogP contribution in [0.4, 0.5) is 0 Å². The lowest BCUT2D eigenvalue weighted by molar-refractivity contribution is -0.0894. The minimum Gasteiger partial charge on any atom is -0.299 e. The van der Waals surface area contributed by atoms with E-state index in [1.807, 2.05) is 0 Å². The maximum Gasteiger partial charge on any atom is 0.0363 e. The van der Waals surface area contributed by atoms with E-state index in [-0.39, 0.29) is 0 Å². The van der Waals surface area contributed by atoms with Gasteiger partial charge < -0.3 is 0 Å². The zero-order chi connectivity index (χ0) is 13.0. The summed E-state index contributed by atoms with van der Waals surface area (Å²) in [5.41, 5.74) is 0.516. The minimum absolute atomic E-state index is 0.516. The molecule has 0 amide bonds. The van der Waals surface area contributed by atoms with Crippen molar-refractivity contribution in [2.45, 2.75) is 64.8 Å². The molecule has 3 saturated heterocycles. The van der Waals surface area contributed by atoms with E-state index in [4.69, 9.17) is 0 Å². The highest BCUT2D eigenvalue weighted by molar-refractivity contribution is 5.03. The molecule has 3 heterocycles. The molecule has 2 unspecified atom stereocenters.